The monoisotopic (exact) mass is 290 g/mol. The molecule has 0 spiro atoms. The maximum Gasteiger partial charge on any atom is 0.510 e. The molecule has 2 heterocycles. The van der Waals surface area contributed by atoms with Gasteiger partial charge in [0.15, 0.2) is 5.03 Å². The molecule has 0 atom stereocenters. The van der Waals surface area contributed by atoms with Crippen LogP contribution >= 0.6 is 0 Å². The Morgan fingerprint density at radius 1 is 1.25 bits per heavy atom. The van der Waals surface area contributed by atoms with Gasteiger partial charge in [0.05, 0.1) is 18.5 Å². The summed E-state index contributed by atoms with van der Waals surface area (Å²) in [7, 11) is -4.93. The molecular formula is C12H11BN2O4S. The van der Waals surface area contributed by atoms with Gasteiger partial charge < -0.3 is 10.4 Å². The maximum absolute atomic E-state index is 12.1. The van der Waals surface area contributed by atoms with Gasteiger partial charge in [-0.2, -0.15) is 8.42 Å². The molecule has 0 bridgehead atoms. The zero-order valence-electron chi connectivity index (χ0n) is 10.4. The number of hydrogen-bond acceptors (Lipinski definition) is 6. The summed E-state index contributed by atoms with van der Waals surface area (Å²) in [5, 5.41) is -0.195. The molecule has 0 aliphatic carbocycles. The van der Waals surface area contributed by atoms with E-state index in [1.165, 1.54) is 18.3 Å². The van der Waals surface area contributed by atoms with Gasteiger partial charge in [0.2, 0.25) is 0 Å². The number of nitrogen functional groups attached to an aromatic ring is 1. The van der Waals surface area contributed by atoms with Crippen molar-refractivity contribution >= 4 is 28.4 Å². The smallest absolute Gasteiger partial charge is 0.402 e. The highest BCUT2D eigenvalue weighted by Gasteiger charge is 2.36. The first-order chi connectivity index (χ1) is 9.56. The standard InChI is InChI=1S/C12H11BN2O4S/c14-10-5-6-12(15-7-10)20(16,17)19-13-11-4-2-1-3-9(11)8-18-13/h1-7H,8,14H2. The quantitative estimate of drug-likeness (QED) is 0.817. The lowest BCUT2D eigenvalue weighted by Crippen LogP contribution is -2.34. The number of anilines is 1. The molecule has 0 saturated carbocycles. The molecule has 6 nitrogen and oxygen atoms in total. The van der Waals surface area contributed by atoms with E-state index in [1.807, 2.05) is 12.1 Å². The predicted octanol–water partition coefficient (Wildman–Crippen LogP) is 0.295. The third-order valence-corrected chi connectivity index (χ3v) is 4.11. The minimum atomic E-state index is -3.99. The number of fused-ring (bicyclic) bond motifs is 1. The van der Waals surface area contributed by atoms with Crippen molar-refractivity contribution in [3.05, 3.63) is 48.2 Å². The second-order valence-electron chi connectivity index (χ2n) is 4.32. The van der Waals surface area contributed by atoms with Crippen LogP contribution < -0.4 is 11.2 Å². The lowest BCUT2D eigenvalue weighted by atomic mass is 9.80. The van der Waals surface area contributed by atoms with Crippen LogP contribution in [0.25, 0.3) is 0 Å². The summed E-state index contributed by atoms with van der Waals surface area (Å²) in [5.41, 5.74) is 7.48. The Kier molecular flexibility index (Phi) is 3.21. The molecule has 2 N–H and O–H groups in total. The van der Waals surface area contributed by atoms with Crippen LogP contribution in [0.1, 0.15) is 5.56 Å². The van der Waals surface area contributed by atoms with Gasteiger partial charge in [0, 0.05) is 0 Å². The molecule has 2 aromatic rings. The third-order valence-electron chi connectivity index (χ3n) is 2.93. The molecule has 1 aliphatic rings. The van der Waals surface area contributed by atoms with Crippen molar-refractivity contribution in [1.82, 2.24) is 4.98 Å². The normalized spacial score (nSPS) is 14.3. The predicted molar refractivity (Wildman–Crippen MR) is 73.5 cm³/mol. The van der Waals surface area contributed by atoms with Crippen LogP contribution in [0.5, 0.6) is 0 Å². The van der Waals surface area contributed by atoms with E-state index in [1.54, 1.807) is 12.1 Å². The van der Waals surface area contributed by atoms with E-state index in [4.69, 9.17) is 14.5 Å². The van der Waals surface area contributed by atoms with Crippen molar-refractivity contribution in [1.29, 1.82) is 0 Å². The number of benzene rings is 1. The Morgan fingerprint density at radius 3 is 2.80 bits per heavy atom. The molecule has 20 heavy (non-hydrogen) atoms. The van der Waals surface area contributed by atoms with Crippen LogP contribution in [0.2, 0.25) is 0 Å². The first-order valence-corrected chi connectivity index (χ1v) is 7.31. The van der Waals surface area contributed by atoms with Crippen LogP contribution in [0.15, 0.2) is 47.6 Å². The SMILES string of the molecule is Nc1ccc(S(=O)(=O)OB2OCc3ccccc32)nc1. The topological polar surface area (TPSA) is 91.5 Å². The summed E-state index contributed by atoms with van der Waals surface area (Å²) in [6.45, 7) is 0.325. The van der Waals surface area contributed by atoms with E-state index in [0.717, 1.165) is 5.56 Å². The average Bonchev–Trinajstić information content (AvgIpc) is 2.82. The number of pyridine rings is 1. The van der Waals surface area contributed by atoms with Crippen molar-refractivity contribution in [2.45, 2.75) is 11.6 Å². The Morgan fingerprint density at radius 2 is 2.05 bits per heavy atom. The van der Waals surface area contributed by atoms with Crippen molar-refractivity contribution in [3.8, 4) is 0 Å². The lowest BCUT2D eigenvalue weighted by Gasteiger charge is -2.08. The fourth-order valence-corrected chi connectivity index (χ4v) is 2.84. The molecule has 1 aromatic heterocycles. The van der Waals surface area contributed by atoms with Gasteiger partial charge in [-0.3, -0.25) is 4.10 Å². The van der Waals surface area contributed by atoms with E-state index in [2.05, 4.69) is 4.98 Å². The Hall–Kier alpha value is -1.90. The van der Waals surface area contributed by atoms with Crippen molar-refractivity contribution < 1.29 is 17.2 Å². The van der Waals surface area contributed by atoms with Gasteiger partial charge >= 0.3 is 17.2 Å². The van der Waals surface area contributed by atoms with Gasteiger partial charge in [-0.05, 0) is 23.2 Å². The van der Waals surface area contributed by atoms with E-state index >= 15 is 0 Å². The molecule has 3 rings (SSSR count). The zero-order valence-corrected chi connectivity index (χ0v) is 11.2. The van der Waals surface area contributed by atoms with Crippen LogP contribution in [-0.4, -0.2) is 20.5 Å². The highest BCUT2D eigenvalue weighted by molar-refractivity contribution is 7.87. The third kappa shape index (κ3) is 2.40. The molecule has 0 fully saturated rings. The molecule has 102 valence electrons. The highest BCUT2D eigenvalue weighted by atomic mass is 32.2. The van der Waals surface area contributed by atoms with Crippen molar-refractivity contribution in [2.75, 3.05) is 5.73 Å². The van der Waals surface area contributed by atoms with Crippen molar-refractivity contribution in [2.24, 2.45) is 0 Å². The van der Waals surface area contributed by atoms with Gasteiger partial charge in [-0.25, -0.2) is 4.98 Å². The van der Waals surface area contributed by atoms with Gasteiger partial charge in [-0.15, -0.1) is 0 Å². The lowest BCUT2D eigenvalue weighted by molar-refractivity contribution is 0.281. The number of hydrogen-bond donors (Lipinski definition) is 1. The Labute approximate surface area is 116 Å². The number of nitrogens with two attached hydrogens (primary N) is 1. The molecule has 1 aromatic carbocycles. The van der Waals surface area contributed by atoms with E-state index < -0.39 is 17.2 Å². The number of nitrogens with zero attached hydrogens (tertiary/aromatic N) is 1. The van der Waals surface area contributed by atoms with E-state index in [0.29, 0.717) is 17.8 Å². The number of aromatic nitrogens is 1. The summed E-state index contributed by atoms with van der Waals surface area (Å²) in [4.78, 5) is 3.75. The minimum absolute atomic E-state index is 0.195. The molecule has 0 unspecified atom stereocenters. The van der Waals surface area contributed by atoms with Crippen LogP contribution in [0, 0.1) is 0 Å². The molecule has 0 radical (unpaired) electrons. The van der Waals surface area contributed by atoms with Crippen molar-refractivity contribution in [3.63, 3.8) is 0 Å². The van der Waals surface area contributed by atoms with Crippen LogP contribution in [0.4, 0.5) is 5.69 Å². The van der Waals surface area contributed by atoms with Gasteiger partial charge in [0.25, 0.3) is 0 Å². The van der Waals surface area contributed by atoms with Crippen LogP contribution in [-0.2, 0) is 25.5 Å². The van der Waals surface area contributed by atoms with Gasteiger partial charge in [-0.1, -0.05) is 24.3 Å². The molecule has 8 heteroatoms. The molecule has 0 amide bonds. The fraction of sp³-hybridized carbons (Fsp3) is 0.0833. The fourth-order valence-electron chi connectivity index (χ4n) is 1.93. The number of rotatable bonds is 3. The van der Waals surface area contributed by atoms with Crippen LogP contribution in [0.3, 0.4) is 0 Å². The summed E-state index contributed by atoms with van der Waals surface area (Å²) < 4.78 is 34.7. The van der Waals surface area contributed by atoms with Gasteiger partial charge in [0.1, 0.15) is 0 Å². The summed E-state index contributed by atoms with van der Waals surface area (Å²) >= 11 is 0. The first-order valence-electron chi connectivity index (χ1n) is 5.90. The summed E-state index contributed by atoms with van der Waals surface area (Å²) in [5.74, 6) is 0. The van der Waals surface area contributed by atoms with E-state index in [9.17, 15) is 8.42 Å². The average molecular weight is 290 g/mol. The Balaban J connectivity index is 1.86. The summed E-state index contributed by atoms with van der Waals surface area (Å²) in [6, 6.07) is 10.1. The van der Waals surface area contributed by atoms with E-state index in [-0.39, 0.29) is 5.03 Å². The summed E-state index contributed by atoms with van der Waals surface area (Å²) in [6.07, 6.45) is 1.26. The second kappa shape index (κ2) is 4.90. The molecule has 1 aliphatic heterocycles. The second-order valence-corrected chi connectivity index (χ2v) is 5.84. The molecular weight excluding hydrogens is 279 g/mol. The zero-order chi connectivity index (χ0) is 14.2. The maximum atomic E-state index is 12.1. The first kappa shape index (κ1) is 13.1. The largest absolute Gasteiger partial charge is 0.510 e. The highest BCUT2D eigenvalue weighted by Crippen LogP contribution is 2.17. The minimum Gasteiger partial charge on any atom is -0.402 e. The Bertz CT molecular complexity index is 733. The molecule has 0 saturated heterocycles.